The second-order valence-corrected chi connectivity index (χ2v) is 10.5. The highest BCUT2D eigenvalue weighted by molar-refractivity contribution is 7.22. The molecule has 204 valence electrons. The normalized spacial score (nSPS) is 15.4. The molecule has 3 aromatic carbocycles. The number of benzene rings is 3. The topological polar surface area (TPSA) is 89.0 Å². The number of halogens is 1. The summed E-state index contributed by atoms with van der Waals surface area (Å²) in [5.41, 5.74) is 1.99. The van der Waals surface area contributed by atoms with Crippen molar-refractivity contribution in [3.05, 3.63) is 100 Å². The maximum Gasteiger partial charge on any atom is 0.296 e. The molecule has 40 heavy (non-hydrogen) atoms. The van der Waals surface area contributed by atoms with Crippen molar-refractivity contribution in [2.75, 3.05) is 18.1 Å². The molecule has 2 heterocycles. The number of anilines is 1. The van der Waals surface area contributed by atoms with Gasteiger partial charge in [-0.3, -0.25) is 14.5 Å². The van der Waals surface area contributed by atoms with Crippen molar-refractivity contribution < 1.29 is 24.2 Å². The van der Waals surface area contributed by atoms with Crippen molar-refractivity contribution in [2.24, 2.45) is 0 Å². The van der Waals surface area contributed by atoms with Crippen molar-refractivity contribution in [3.8, 4) is 11.5 Å². The van der Waals surface area contributed by atoms with E-state index in [1.165, 1.54) is 22.3 Å². The maximum absolute atomic E-state index is 13.6. The summed E-state index contributed by atoms with van der Waals surface area (Å²) in [5, 5.41) is 12.0. The molecular formula is C31H27ClN2O5S. The fraction of sp³-hybridized carbons (Fsp3) is 0.194. The Hall–Kier alpha value is -4.14. The van der Waals surface area contributed by atoms with Crippen LogP contribution in [0.5, 0.6) is 11.5 Å². The number of ketones is 1. The van der Waals surface area contributed by atoms with Gasteiger partial charge in [-0.05, 0) is 60.9 Å². The summed E-state index contributed by atoms with van der Waals surface area (Å²) in [5.74, 6) is -0.779. The molecule has 1 unspecified atom stereocenters. The Morgan fingerprint density at radius 3 is 2.62 bits per heavy atom. The van der Waals surface area contributed by atoms with Crippen LogP contribution in [0.4, 0.5) is 5.13 Å². The summed E-state index contributed by atoms with van der Waals surface area (Å²) in [6.45, 7) is 4.78. The molecule has 1 atom stereocenters. The third kappa shape index (κ3) is 5.46. The van der Waals surface area contributed by atoms with Crippen LogP contribution in [0.2, 0.25) is 5.02 Å². The Morgan fingerprint density at radius 2 is 1.88 bits per heavy atom. The summed E-state index contributed by atoms with van der Waals surface area (Å²) in [4.78, 5) is 33.2. The number of carbonyl (C=O) groups excluding carboxylic acids is 2. The van der Waals surface area contributed by atoms with E-state index in [0.717, 1.165) is 16.7 Å². The molecule has 0 spiro atoms. The summed E-state index contributed by atoms with van der Waals surface area (Å²) in [7, 11) is 0. The molecule has 1 amide bonds. The van der Waals surface area contributed by atoms with Gasteiger partial charge >= 0.3 is 0 Å². The molecule has 0 saturated heterocycles. The average molecular weight is 575 g/mol. The second-order valence-electron chi connectivity index (χ2n) is 9.04. The maximum atomic E-state index is 13.6. The largest absolute Gasteiger partial charge is 0.503 e. The van der Waals surface area contributed by atoms with E-state index in [9.17, 15) is 14.7 Å². The van der Waals surface area contributed by atoms with Crippen LogP contribution in [0, 0.1) is 0 Å². The first-order chi connectivity index (χ1) is 19.4. The lowest BCUT2D eigenvalue weighted by Gasteiger charge is -2.25. The van der Waals surface area contributed by atoms with Gasteiger partial charge < -0.3 is 14.6 Å². The molecule has 0 bridgehead atoms. The van der Waals surface area contributed by atoms with Crippen LogP contribution in [0.25, 0.3) is 16.3 Å². The fourth-order valence-electron chi connectivity index (χ4n) is 4.48. The van der Waals surface area contributed by atoms with Crippen LogP contribution in [0.15, 0.2) is 84.1 Å². The Labute approximate surface area is 240 Å². The molecule has 1 N–H and O–H groups in total. The zero-order valence-electron chi connectivity index (χ0n) is 22.0. The lowest BCUT2D eigenvalue weighted by atomic mass is 9.95. The van der Waals surface area contributed by atoms with E-state index in [1.54, 1.807) is 42.5 Å². The van der Waals surface area contributed by atoms with Gasteiger partial charge in [0.05, 0.1) is 35.0 Å². The van der Waals surface area contributed by atoms with Gasteiger partial charge in [0, 0.05) is 5.02 Å². The molecule has 0 saturated carbocycles. The predicted molar refractivity (Wildman–Crippen MR) is 158 cm³/mol. The van der Waals surface area contributed by atoms with E-state index in [-0.39, 0.29) is 5.57 Å². The molecule has 5 rings (SSSR count). The van der Waals surface area contributed by atoms with E-state index in [4.69, 9.17) is 21.1 Å². The zero-order valence-corrected chi connectivity index (χ0v) is 23.5. The van der Waals surface area contributed by atoms with Gasteiger partial charge in [0.1, 0.15) is 0 Å². The highest BCUT2D eigenvalue weighted by Crippen LogP contribution is 2.45. The molecule has 1 aliphatic rings. The summed E-state index contributed by atoms with van der Waals surface area (Å²) in [6, 6.07) is 18.9. The average Bonchev–Trinajstić information content (AvgIpc) is 3.49. The predicted octanol–water partition coefficient (Wildman–Crippen LogP) is 7.32. The lowest BCUT2D eigenvalue weighted by Crippen LogP contribution is -2.30. The molecule has 0 fully saturated rings. The minimum absolute atomic E-state index is 0.0425. The number of aliphatic hydroxyl groups excluding tert-OH is 1. The van der Waals surface area contributed by atoms with E-state index < -0.39 is 23.5 Å². The van der Waals surface area contributed by atoms with Gasteiger partial charge in [-0.15, -0.1) is 0 Å². The lowest BCUT2D eigenvalue weighted by molar-refractivity contribution is -0.117. The van der Waals surface area contributed by atoms with Crippen molar-refractivity contribution in [1.82, 2.24) is 4.98 Å². The monoisotopic (exact) mass is 574 g/mol. The first-order valence-electron chi connectivity index (χ1n) is 12.9. The van der Waals surface area contributed by atoms with Crippen LogP contribution in [-0.2, 0) is 9.59 Å². The quantitative estimate of drug-likeness (QED) is 0.200. The highest BCUT2D eigenvalue weighted by Gasteiger charge is 2.45. The van der Waals surface area contributed by atoms with Gasteiger partial charge in [0.2, 0.25) is 0 Å². The first-order valence-corrected chi connectivity index (χ1v) is 14.1. The highest BCUT2D eigenvalue weighted by atomic mass is 35.5. The molecule has 4 aromatic rings. The molecule has 9 heteroatoms. The van der Waals surface area contributed by atoms with Crippen LogP contribution in [0.3, 0.4) is 0 Å². The van der Waals surface area contributed by atoms with Crippen molar-refractivity contribution in [3.63, 3.8) is 0 Å². The molecule has 0 radical (unpaired) electrons. The second kappa shape index (κ2) is 11.9. The van der Waals surface area contributed by atoms with Crippen molar-refractivity contribution in [1.29, 1.82) is 0 Å². The number of fused-ring (bicyclic) bond motifs is 1. The van der Waals surface area contributed by atoms with Crippen LogP contribution in [0.1, 0.15) is 37.4 Å². The van der Waals surface area contributed by atoms with Crippen molar-refractivity contribution in [2.45, 2.75) is 26.3 Å². The summed E-state index contributed by atoms with van der Waals surface area (Å²) in [6.07, 6.45) is 3.84. The van der Waals surface area contributed by atoms with Crippen molar-refractivity contribution >= 4 is 56.1 Å². The number of aromatic nitrogens is 1. The van der Waals surface area contributed by atoms with Gasteiger partial charge in [0.15, 0.2) is 28.2 Å². The zero-order chi connectivity index (χ0) is 28.2. The standard InChI is InChI=1S/C31H27ClN2O5S/c1-3-16-39-24-15-11-20(17-25(24)38-4-2)28-27(23(35)14-10-19-8-6-5-7-9-19)29(36)30(37)34(28)31-33-22-13-12-21(32)18-26(22)40-31/h5-15,17-18,28,36H,3-4,16H2,1-2H3/b14-10+. The Balaban J connectivity index is 1.62. The first kappa shape index (κ1) is 27.4. The third-order valence-electron chi connectivity index (χ3n) is 6.29. The molecule has 0 aliphatic carbocycles. The Kier molecular flexibility index (Phi) is 8.19. The number of thiazole rings is 1. The number of rotatable bonds is 10. The third-order valence-corrected chi connectivity index (χ3v) is 7.54. The van der Waals surface area contributed by atoms with Crippen LogP contribution < -0.4 is 14.4 Å². The molecule has 1 aromatic heterocycles. The molecular weight excluding hydrogens is 548 g/mol. The van der Waals surface area contributed by atoms with Gasteiger partial charge in [-0.25, -0.2) is 4.98 Å². The minimum Gasteiger partial charge on any atom is -0.503 e. The van der Waals surface area contributed by atoms with Gasteiger partial charge in [-0.1, -0.05) is 72.3 Å². The number of hydrogen-bond acceptors (Lipinski definition) is 7. The number of nitrogens with zero attached hydrogens (tertiary/aromatic N) is 2. The SMILES string of the molecule is CCCOc1ccc(C2C(C(=O)/C=C/c3ccccc3)=C(O)C(=O)N2c2nc3ccc(Cl)cc3s2)cc1OCC. The van der Waals surface area contributed by atoms with Gasteiger partial charge in [-0.2, -0.15) is 0 Å². The van der Waals surface area contributed by atoms with E-state index in [2.05, 4.69) is 4.98 Å². The number of aliphatic hydroxyl groups is 1. The van der Waals surface area contributed by atoms with Crippen LogP contribution in [-0.4, -0.2) is 35.0 Å². The van der Waals surface area contributed by atoms with E-state index in [1.807, 2.05) is 44.2 Å². The fourth-order valence-corrected chi connectivity index (χ4v) is 5.75. The Bertz CT molecular complexity index is 1630. The Morgan fingerprint density at radius 1 is 1.07 bits per heavy atom. The minimum atomic E-state index is -0.948. The summed E-state index contributed by atoms with van der Waals surface area (Å²) >= 11 is 7.44. The summed E-state index contributed by atoms with van der Waals surface area (Å²) < 4.78 is 12.5. The number of ether oxygens (including phenoxy) is 2. The van der Waals surface area contributed by atoms with Crippen LogP contribution >= 0.6 is 22.9 Å². The molecule has 7 nitrogen and oxygen atoms in total. The number of amides is 1. The van der Waals surface area contributed by atoms with E-state index >= 15 is 0 Å². The van der Waals surface area contributed by atoms with Gasteiger partial charge in [0.25, 0.3) is 5.91 Å². The number of carbonyl (C=O) groups is 2. The molecule has 1 aliphatic heterocycles. The number of allylic oxidation sites excluding steroid dienone is 1. The number of hydrogen-bond donors (Lipinski definition) is 1. The van der Waals surface area contributed by atoms with E-state index in [0.29, 0.717) is 45.9 Å². The smallest absolute Gasteiger partial charge is 0.296 e.